The van der Waals surface area contributed by atoms with Gasteiger partial charge in [-0.2, -0.15) is 4.31 Å². The smallest absolute Gasteiger partial charge is 0.252 e. The molecule has 1 heterocycles. The summed E-state index contributed by atoms with van der Waals surface area (Å²) < 4.78 is 27.3. The van der Waals surface area contributed by atoms with E-state index in [1.54, 1.807) is 12.1 Å². The Kier molecular flexibility index (Phi) is 7.59. The highest BCUT2D eigenvalue weighted by Crippen LogP contribution is 2.28. The van der Waals surface area contributed by atoms with Crippen molar-refractivity contribution in [1.29, 1.82) is 0 Å². The van der Waals surface area contributed by atoms with Gasteiger partial charge in [-0.15, -0.1) is 17.9 Å². The first-order chi connectivity index (χ1) is 9.97. The Labute approximate surface area is 132 Å². The molecular formula is C15H26N2O2S2. The molecule has 0 aromatic carbocycles. The molecule has 1 aromatic rings. The molecule has 1 N–H and O–H groups in total. The van der Waals surface area contributed by atoms with Crippen molar-refractivity contribution < 1.29 is 8.42 Å². The van der Waals surface area contributed by atoms with E-state index < -0.39 is 10.0 Å². The van der Waals surface area contributed by atoms with Gasteiger partial charge in [0.15, 0.2) is 0 Å². The van der Waals surface area contributed by atoms with E-state index in [9.17, 15) is 8.42 Å². The van der Waals surface area contributed by atoms with Crippen molar-refractivity contribution in [3.63, 3.8) is 0 Å². The highest BCUT2D eigenvalue weighted by molar-refractivity contribution is 7.91. The zero-order valence-corrected chi connectivity index (χ0v) is 14.8. The fourth-order valence-corrected chi connectivity index (χ4v) is 5.22. The van der Waals surface area contributed by atoms with Crippen molar-refractivity contribution in [2.24, 2.45) is 0 Å². The molecule has 0 aliphatic carbocycles. The average Bonchev–Trinajstić information content (AvgIpc) is 2.81. The van der Waals surface area contributed by atoms with Crippen molar-refractivity contribution in [2.45, 2.75) is 44.4 Å². The Morgan fingerprint density at radius 2 is 2.10 bits per heavy atom. The largest absolute Gasteiger partial charge is 0.312 e. The first-order valence-corrected chi connectivity index (χ1v) is 9.64. The summed E-state index contributed by atoms with van der Waals surface area (Å²) in [5, 5.41) is 3.32. The van der Waals surface area contributed by atoms with E-state index >= 15 is 0 Å². The number of nitrogens with one attached hydrogen (secondary N) is 1. The zero-order chi connectivity index (χ0) is 15.9. The van der Waals surface area contributed by atoms with Crippen LogP contribution in [0.1, 0.15) is 37.1 Å². The van der Waals surface area contributed by atoms with Gasteiger partial charge in [0.05, 0.1) is 0 Å². The van der Waals surface area contributed by atoms with E-state index in [2.05, 4.69) is 18.8 Å². The van der Waals surface area contributed by atoms with Crippen molar-refractivity contribution in [1.82, 2.24) is 9.62 Å². The lowest BCUT2D eigenvalue weighted by atomic mass is 10.3. The monoisotopic (exact) mass is 330 g/mol. The van der Waals surface area contributed by atoms with Crippen LogP contribution >= 0.6 is 11.3 Å². The highest BCUT2D eigenvalue weighted by Gasteiger charge is 2.25. The van der Waals surface area contributed by atoms with E-state index in [1.807, 2.05) is 13.8 Å². The molecule has 0 saturated carbocycles. The molecule has 0 unspecified atom stereocenters. The summed E-state index contributed by atoms with van der Waals surface area (Å²) in [5.74, 6) is 0. The normalized spacial score (nSPS) is 12.0. The minimum atomic E-state index is -3.40. The lowest BCUT2D eigenvalue weighted by molar-refractivity contribution is 0.443. The van der Waals surface area contributed by atoms with Gasteiger partial charge < -0.3 is 5.32 Å². The van der Waals surface area contributed by atoms with Crippen LogP contribution in [0.4, 0.5) is 0 Å². The summed E-state index contributed by atoms with van der Waals surface area (Å²) in [5.41, 5.74) is 1.04. The van der Waals surface area contributed by atoms with Crippen molar-refractivity contribution in [3.05, 3.63) is 29.2 Å². The number of nitrogens with zero attached hydrogens (tertiary/aromatic N) is 1. The number of hydrogen-bond acceptors (Lipinski definition) is 4. The predicted octanol–water partition coefficient (Wildman–Crippen LogP) is 3.14. The summed E-state index contributed by atoms with van der Waals surface area (Å²) in [4.78, 5) is 1.09. The van der Waals surface area contributed by atoms with Crippen LogP contribution in [-0.4, -0.2) is 32.4 Å². The quantitative estimate of drug-likeness (QED) is 0.529. The summed E-state index contributed by atoms with van der Waals surface area (Å²) in [6.07, 6.45) is 3.50. The topological polar surface area (TPSA) is 49.4 Å². The molecule has 1 aromatic heterocycles. The first-order valence-electron chi connectivity index (χ1n) is 7.38. The van der Waals surface area contributed by atoms with Gasteiger partial charge in [-0.25, -0.2) is 8.42 Å². The first kappa shape index (κ1) is 18.4. The van der Waals surface area contributed by atoms with Crippen LogP contribution < -0.4 is 5.32 Å². The number of hydrogen-bond donors (Lipinski definition) is 1. The molecule has 21 heavy (non-hydrogen) atoms. The number of rotatable bonds is 10. The fourth-order valence-electron chi connectivity index (χ4n) is 2.00. The summed E-state index contributed by atoms with van der Waals surface area (Å²) in [6.45, 7) is 12.3. The van der Waals surface area contributed by atoms with E-state index in [4.69, 9.17) is 0 Å². The average molecular weight is 331 g/mol. The van der Waals surface area contributed by atoms with Gasteiger partial charge in [-0.3, -0.25) is 0 Å². The minimum Gasteiger partial charge on any atom is -0.312 e. The Hall–Kier alpha value is -0.690. The Bertz CT molecular complexity index is 550. The Balaban J connectivity index is 2.97. The highest BCUT2D eigenvalue weighted by atomic mass is 32.2. The second-order valence-electron chi connectivity index (χ2n) is 5.00. The lowest BCUT2D eigenvalue weighted by Gasteiger charge is -2.18. The molecule has 0 amide bonds. The second-order valence-corrected chi connectivity index (χ2v) is 8.30. The summed E-state index contributed by atoms with van der Waals surface area (Å²) in [7, 11) is -3.40. The maximum atomic E-state index is 12.7. The third-order valence-corrected chi connectivity index (χ3v) is 6.66. The molecule has 0 bridgehead atoms. The molecule has 0 aliphatic rings. The molecule has 4 nitrogen and oxygen atoms in total. The molecule has 0 spiro atoms. The van der Waals surface area contributed by atoms with Gasteiger partial charge >= 0.3 is 0 Å². The van der Waals surface area contributed by atoms with Gasteiger partial charge in [-0.05, 0) is 37.9 Å². The van der Waals surface area contributed by atoms with Crippen LogP contribution in [0.5, 0.6) is 0 Å². The summed E-state index contributed by atoms with van der Waals surface area (Å²) >= 11 is 1.37. The number of thiophene rings is 1. The van der Waals surface area contributed by atoms with Gasteiger partial charge in [0, 0.05) is 24.5 Å². The van der Waals surface area contributed by atoms with Gasteiger partial charge in [0.25, 0.3) is 10.0 Å². The number of sulfonamides is 1. The third-order valence-electron chi connectivity index (χ3n) is 3.11. The van der Waals surface area contributed by atoms with Crippen LogP contribution in [0.3, 0.4) is 0 Å². The SMILES string of the molecule is C=CCN(CCC)S(=O)(=O)c1cc(C)c(CNCCC)s1. The van der Waals surface area contributed by atoms with E-state index in [0.29, 0.717) is 17.3 Å². The van der Waals surface area contributed by atoms with Crippen molar-refractivity contribution >= 4 is 21.4 Å². The van der Waals surface area contributed by atoms with Gasteiger partial charge in [0.2, 0.25) is 0 Å². The molecule has 0 aliphatic heterocycles. The molecule has 1 rings (SSSR count). The van der Waals surface area contributed by atoms with Gasteiger partial charge in [-0.1, -0.05) is 19.9 Å². The van der Waals surface area contributed by atoms with Crippen molar-refractivity contribution in [2.75, 3.05) is 19.6 Å². The van der Waals surface area contributed by atoms with Crippen LogP contribution in [-0.2, 0) is 16.6 Å². The fraction of sp³-hybridized carbons (Fsp3) is 0.600. The maximum absolute atomic E-state index is 12.7. The molecule has 0 saturated heterocycles. The molecule has 0 atom stereocenters. The zero-order valence-electron chi connectivity index (χ0n) is 13.2. The second kappa shape index (κ2) is 8.68. The molecule has 120 valence electrons. The minimum absolute atomic E-state index is 0.358. The Morgan fingerprint density at radius 3 is 2.67 bits per heavy atom. The van der Waals surface area contributed by atoms with Crippen LogP contribution in [0.2, 0.25) is 0 Å². The van der Waals surface area contributed by atoms with Gasteiger partial charge in [0.1, 0.15) is 4.21 Å². The lowest BCUT2D eigenvalue weighted by Crippen LogP contribution is -2.31. The standard InChI is InChI=1S/C15H26N2O2S2/c1-5-8-16-12-14-13(4)11-15(20-14)21(18,19)17(9-6-2)10-7-3/h6,11,16H,2,5,7-10,12H2,1,3-4H3. The van der Waals surface area contributed by atoms with E-state index in [0.717, 1.165) is 36.4 Å². The number of aryl methyl sites for hydroxylation is 1. The molecule has 6 heteroatoms. The molecule has 0 fully saturated rings. The van der Waals surface area contributed by atoms with Crippen LogP contribution in [0.25, 0.3) is 0 Å². The van der Waals surface area contributed by atoms with Crippen LogP contribution in [0.15, 0.2) is 22.9 Å². The third kappa shape index (κ3) is 4.92. The van der Waals surface area contributed by atoms with E-state index in [1.165, 1.54) is 15.6 Å². The molecular weight excluding hydrogens is 304 g/mol. The van der Waals surface area contributed by atoms with Crippen molar-refractivity contribution in [3.8, 4) is 0 Å². The maximum Gasteiger partial charge on any atom is 0.252 e. The summed E-state index contributed by atoms with van der Waals surface area (Å²) in [6, 6.07) is 1.79. The molecule has 0 radical (unpaired) electrons. The predicted molar refractivity (Wildman–Crippen MR) is 90.3 cm³/mol. The van der Waals surface area contributed by atoms with E-state index in [-0.39, 0.29) is 0 Å². The Morgan fingerprint density at radius 1 is 1.38 bits per heavy atom. The van der Waals surface area contributed by atoms with Crippen LogP contribution in [0, 0.1) is 6.92 Å².